The summed E-state index contributed by atoms with van der Waals surface area (Å²) in [6, 6.07) is 4.40. The lowest BCUT2D eigenvalue weighted by molar-refractivity contribution is 0.0306. The Morgan fingerprint density at radius 2 is 2.19 bits per heavy atom. The molecular weight excluding hydrogens is 380 g/mol. The number of fused-ring (bicyclic) bond motifs is 1. The number of aromatic nitrogens is 2. The van der Waals surface area contributed by atoms with Gasteiger partial charge in [0.05, 0.1) is 29.5 Å². The van der Waals surface area contributed by atoms with E-state index in [1.165, 1.54) is 16.2 Å². The second-order valence-corrected chi connectivity index (χ2v) is 8.46. The van der Waals surface area contributed by atoms with Crippen molar-refractivity contribution in [2.45, 2.75) is 26.3 Å². The molecule has 0 bridgehead atoms. The number of ether oxygens (including phenoxy) is 1. The zero-order valence-corrected chi connectivity index (χ0v) is 17.0. The maximum Gasteiger partial charge on any atom is 0.264 e. The van der Waals surface area contributed by atoms with Crippen LogP contribution in [0, 0.1) is 6.92 Å². The molecule has 3 aromatic rings. The lowest BCUT2D eigenvalue weighted by Crippen LogP contribution is -2.40. The lowest BCUT2D eigenvalue weighted by Gasteiger charge is -2.26. The maximum atomic E-state index is 13.0. The van der Waals surface area contributed by atoms with Crippen molar-refractivity contribution >= 4 is 44.6 Å². The molecule has 0 aromatic carbocycles. The van der Waals surface area contributed by atoms with Crippen molar-refractivity contribution in [2.75, 3.05) is 31.6 Å². The smallest absolute Gasteiger partial charge is 0.264 e. The molecule has 1 aliphatic rings. The quantitative estimate of drug-likeness (QED) is 0.696. The minimum absolute atomic E-state index is 0.0649. The third kappa shape index (κ3) is 3.56. The number of amides is 1. The Morgan fingerprint density at radius 3 is 2.89 bits per heavy atom. The van der Waals surface area contributed by atoms with Crippen LogP contribution in [0.25, 0.3) is 10.2 Å². The molecule has 1 fully saturated rings. The van der Waals surface area contributed by atoms with Crippen molar-refractivity contribution < 1.29 is 9.53 Å². The largest absolute Gasteiger partial charge is 0.378 e. The summed E-state index contributed by atoms with van der Waals surface area (Å²) in [7, 11) is 0. The molecule has 0 radical (unpaired) electrons. The highest BCUT2D eigenvalue weighted by Crippen LogP contribution is 2.36. The standard InChI is InChI=1S/C19H22N4O2S2/c1-3-13(14-5-4-10-26-14)22-17-15-12(2)16(27-18(15)21-11-20-17)19(24)23-6-8-25-9-7-23/h4-5,10-11,13H,3,6-9H2,1-2H3,(H,20,21,22). The van der Waals surface area contributed by atoms with Crippen molar-refractivity contribution in [2.24, 2.45) is 0 Å². The molecule has 142 valence electrons. The van der Waals surface area contributed by atoms with Crippen LogP contribution in [-0.4, -0.2) is 47.1 Å². The van der Waals surface area contributed by atoms with Crippen LogP contribution in [0.15, 0.2) is 23.8 Å². The first-order valence-electron chi connectivity index (χ1n) is 9.10. The molecule has 0 spiro atoms. The molecule has 4 heterocycles. The average Bonchev–Trinajstić information content (AvgIpc) is 3.35. The number of rotatable bonds is 5. The van der Waals surface area contributed by atoms with Crippen LogP contribution in [0.1, 0.15) is 39.5 Å². The van der Waals surface area contributed by atoms with Crippen molar-refractivity contribution in [3.8, 4) is 0 Å². The van der Waals surface area contributed by atoms with Crippen LogP contribution in [0.2, 0.25) is 0 Å². The van der Waals surface area contributed by atoms with Gasteiger partial charge in [-0.05, 0) is 30.4 Å². The zero-order valence-electron chi connectivity index (χ0n) is 15.4. The molecule has 1 N–H and O–H groups in total. The average molecular weight is 403 g/mol. The lowest BCUT2D eigenvalue weighted by atomic mass is 10.1. The minimum Gasteiger partial charge on any atom is -0.378 e. The fourth-order valence-electron chi connectivity index (χ4n) is 3.32. The van der Waals surface area contributed by atoms with Crippen LogP contribution >= 0.6 is 22.7 Å². The molecule has 1 atom stereocenters. The van der Waals surface area contributed by atoms with Gasteiger partial charge in [0, 0.05) is 18.0 Å². The Kier molecular flexibility index (Phi) is 5.38. The molecule has 6 nitrogen and oxygen atoms in total. The highest BCUT2D eigenvalue weighted by Gasteiger charge is 2.25. The zero-order chi connectivity index (χ0) is 18.8. The van der Waals surface area contributed by atoms with Gasteiger partial charge in [-0.3, -0.25) is 4.79 Å². The summed E-state index contributed by atoms with van der Waals surface area (Å²) >= 11 is 3.19. The van der Waals surface area contributed by atoms with Gasteiger partial charge in [-0.25, -0.2) is 9.97 Å². The number of nitrogens with zero attached hydrogens (tertiary/aromatic N) is 3. The maximum absolute atomic E-state index is 13.0. The number of carbonyl (C=O) groups is 1. The molecule has 1 unspecified atom stereocenters. The Balaban J connectivity index is 1.68. The summed E-state index contributed by atoms with van der Waals surface area (Å²) in [5.74, 6) is 0.866. The minimum atomic E-state index is 0.0649. The molecule has 4 rings (SSSR count). The molecule has 1 amide bonds. The molecule has 1 saturated heterocycles. The summed E-state index contributed by atoms with van der Waals surface area (Å²) in [6.45, 7) is 6.62. The molecule has 8 heteroatoms. The number of thiophene rings is 2. The fourth-order valence-corrected chi connectivity index (χ4v) is 5.30. The highest BCUT2D eigenvalue weighted by atomic mass is 32.1. The van der Waals surface area contributed by atoms with E-state index in [1.807, 2.05) is 11.8 Å². The third-order valence-electron chi connectivity index (χ3n) is 4.83. The van der Waals surface area contributed by atoms with Gasteiger partial charge in [0.2, 0.25) is 0 Å². The molecular formula is C19H22N4O2S2. The van der Waals surface area contributed by atoms with Crippen LogP contribution in [-0.2, 0) is 4.74 Å². The topological polar surface area (TPSA) is 67.4 Å². The van der Waals surface area contributed by atoms with Crippen LogP contribution in [0.3, 0.4) is 0 Å². The number of morpholine rings is 1. The van der Waals surface area contributed by atoms with Crippen molar-refractivity contribution in [1.82, 2.24) is 14.9 Å². The summed E-state index contributed by atoms with van der Waals surface area (Å²) < 4.78 is 5.36. The number of anilines is 1. The second kappa shape index (κ2) is 7.92. The molecule has 1 aliphatic heterocycles. The Bertz CT molecular complexity index is 933. The number of carbonyl (C=O) groups excluding carboxylic acids is 1. The number of nitrogens with one attached hydrogen (secondary N) is 1. The van der Waals surface area contributed by atoms with E-state index in [0.29, 0.717) is 26.3 Å². The van der Waals surface area contributed by atoms with Gasteiger partial charge in [-0.15, -0.1) is 22.7 Å². The van der Waals surface area contributed by atoms with Gasteiger partial charge in [0.15, 0.2) is 0 Å². The van der Waals surface area contributed by atoms with Gasteiger partial charge in [-0.1, -0.05) is 13.0 Å². The Hall–Kier alpha value is -2.03. The Labute approximate surface area is 166 Å². The van der Waals surface area contributed by atoms with E-state index in [1.54, 1.807) is 17.7 Å². The van der Waals surface area contributed by atoms with E-state index in [-0.39, 0.29) is 11.9 Å². The first-order valence-corrected chi connectivity index (χ1v) is 10.8. The first-order chi connectivity index (χ1) is 13.2. The Morgan fingerprint density at radius 1 is 1.37 bits per heavy atom. The number of aryl methyl sites for hydroxylation is 1. The molecule has 0 aliphatic carbocycles. The van der Waals surface area contributed by atoms with E-state index in [9.17, 15) is 4.79 Å². The van der Waals surface area contributed by atoms with Crippen LogP contribution in [0.4, 0.5) is 5.82 Å². The predicted octanol–water partition coefficient (Wildman–Crippen LogP) is 4.10. The molecule has 3 aromatic heterocycles. The van der Waals surface area contributed by atoms with E-state index in [4.69, 9.17) is 4.74 Å². The number of hydrogen-bond acceptors (Lipinski definition) is 7. The summed E-state index contributed by atoms with van der Waals surface area (Å²) in [4.78, 5) is 26.6. The highest BCUT2D eigenvalue weighted by molar-refractivity contribution is 7.20. The van der Waals surface area contributed by atoms with Gasteiger partial charge >= 0.3 is 0 Å². The second-order valence-electron chi connectivity index (χ2n) is 6.48. The predicted molar refractivity (Wildman–Crippen MR) is 110 cm³/mol. The van der Waals surface area contributed by atoms with Gasteiger partial charge < -0.3 is 15.0 Å². The normalized spacial score (nSPS) is 15.9. The molecule has 0 saturated carbocycles. The third-order valence-corrected chi connectivity index (χ3v) is 7.00. The van der Waals surface area contributed by atoms with E-state index < -0.39 is 0 Å². The van der Waals surface area contributed by atoms with Gasteiger partial charge in [-0.2, -0.15) is 0 Å². The molecule has 27 heavy (non-hydrogen) atoms. The van der Waals surface area contributed by atoms with Crippen molar-refractivity contribution in [3.63, 3.8) is 0 Å². The van der Waals surface area contributed by atoms with Crippen molar-refractivity contribution in [3.05, 3.63) is 39.2 Å². The summed E-state index contributed by atoms with van der Waals surface area (Å²) in [6.07, 6.45) is 2.53. The van der Waals surface area contributed by atoms with E-state index in [2.05, 4.69) is 39.7 Å². The van der Waals surface area contributed by atoms with E-state index in [0.717, 1.165) is 32.9 Å². The summed E-state index contributed by atoms with van der Waals surface area (Å²) in [5, 5.41) is 6.61. The van der Waals surface area contributed by atoms with Crippen LogP contribution < -0.4 is 5.32 Å². The fraction of sp³-hybridized carbons (Fsp3) is 0.421. The van der Waals surface area contributed by atoms with E-state index >= 15 is 0 Å². The summed E-state index contributed by atoms with van der Waals surface area (Å²) in [5.41, 5.74) is 0.954. The van der Waals surface area contributed by atoms with Gasteiger partial charge in [0.25, 0.3) is 5.91 Å². The monoisotopic (exact) mass is 402 g/mol. The van der Waals surface area contributed by atoms with Crippen molar-refractivity contribution in [1.29, 1.82) is 0 Å². The number of hydrogen-bond donors (Lipinski definition) is 1. The van der Waals surface area contributed by atoms with Crippen LogP contribution in [0.5, 0.6) is 0 Å². The first kappa shape index (κ1) is 18.3. The van der Waals surface area contributed by atoms with Gasteiger partial charge in [0.1, 0.15) is 17.0 Å². The SMILES string of the molecule is CCC(Nc1ncnc2sc(C(=O)N3CCOCC3)c(C)c12)c1cccs1.